The molecule has 3 aromatic carbocycles. The molecular weight excluding hydrogens is 320 g/mol. The Bertz CT molecular complexity index is 1070. The quantitative estimate of drug-likeness (QED) is 0.465. The second kappa shape index (κ2) is 5.99. The average Bonchev–Trinajstić information content (AvgIpc) is 2.63. The predicted molar refractivity (Wildman–Crippen MR) is 98.4 cm³/mol. The molecule has 0 aliphatic rings. The van der Waals surface area contributed by atoms with Crippen molar-refractivity contribution in [1.82, 2.24) is 0 Å². The lowest BCUT2D eigenvalue weighted by molar-refractivity contribution is 0.621. The average molecular weight is 333 g/mol. The molecule has 0 atom stereocenters. The lowest BCUT2D eigenvalue weighted by Gasteiger charge is -2.11. The van der Waals surface area contributed by atoms with Gasteiger partial charge in [-0.3, -0.25) is 4.79 Å². The van der Waals surface area contributed by atoms with E-state index in [9.17, 15) is 4.79 Å². The Hall–Kier alpha value is -2.84. The van der Waals surface area contributed by atoms with Gasteiger partial charge in [0.15, 0.2) is 0 Å². The maximum absolute atomic E-state index is 13.2. The second-order valence-corrected chi connectivity index (χ2v) is 5.89. The van der Waals surface area contributed by atoms with Crippen molar-refractivity contribution in [2.24, 2.45) is 0 Å². The Morgan fingerprint density at radius 1 is 0.708 bits per heavy atom. The van der Waals surface area contributed by atoms with Crippen LogP contribution in [0.15, 0.2) is 88.1 Å². The summed E-state index contributed by atoms with van der Waals surface area (Å²) in [5.74, 6) is 0.557. The summed E-state index contributed by atoms with van der Waals surface area (Å²) < 4.78 is 6.11. The molecule has 0 saturated carbocycles. The molecule has 0 saturated heterocycles. The molecule has 0 spiro atoms. The SMILES string of the molecule is O=c1c(-c2ccccc2)c(-c2ccccc2)oc2cccc(Cl)c12. The van der Waals surface area contributed by atoms with Gasteiger partial charge in [0.1, 0.15) is 11.3 Å². The third-order valence-electron chi connectivity index (χ3n) is 3.97. The van der Waals surface area contributed by atoms with Crippen LogP contribution >= 0.6 is 11.6 Å². The van der Waals surface area contributed by atoms with Gasteiger partial charge in [-0.2, -0.15) is 0 Å². The Balaban J connectivity index is 2.17. The number of hydrogen-bond donors (Lipinski definition) is 0. The zero-order chi connectivity index (χ0) is 16.5. The first-order valence-corrected chi connectivity index (χ1v) is 7.99. The molecule has 1 heterocycles. The highest BCUT2D eigenvalue weighted by Crippen LogP contribution is 2.33. The van der Waals surface area contributed by atoms with Crippen molar-refractivity contribution in [2.45, 2.75) is 0 Å². The summed E-state index contributed by atoms with van der Waals surface area (Å²) in [5, 5.41) is 0.816. The number of halogens is 1. The van der Waals surface area contributed by atoms with Gasteiger partial charge in [0.05, 0.1) is 16.0 Å². The third-order valence-corrected chi connectivity index (χ3v) is 4.28. The van der Waals surface area contributed by atoms with Crippen LogP contribution in [0.2, 0.25) is 5.02 Å². The van der Waals surface area contributed by atoms with Crippen molar-refractivity contribution >= 4 is 22.6 Å². The van der Waals surface area contributed by atoms with Crippen molar-refractivity contribution in [3.05, 3.63) is 94.1 Å². The molecule has 4 rings (SSSR count). The van der Waals surface area contributed by atoms with E-state index < -0.39 is 0 Å². The number of fused-ring (bicyclic) bond motifs is 1. The topological polar surface area (TPSA) is 30.2 Å². The monoisotopic (exact) mass is 332 g/mol. The largest absolute Gasteiger partial charge is 0.455 e. The van der Waals surface area contributed by atoms with Crippen LogP contribution in [-0.4, -0.2) is 0 Å². The zero-order valence-electron chi connectivity index (χ0n) is 12.7. The maximum Gasteiger partial charge on any atom is 0.202 e. The van der Waals surface area contributed by atoms with Crippen LogP contribution in [0, 0.1) is 0 Å². The first-order chi connectivity index (χ1) is 11.8. The minimum absolute atomic E-state index is 0.119. The summed E-state index contributed by atoms with van der Waals surface area (Å²) in [6.45, 7) is 0. The van der Waals surface area contributed by atoms with Gasteiger partial charge in [0, 0.05) is 5.56 Å². The number of hydrogen-bond acceptors (Lipinski definition) is 2. The summed E-state index contributed by atoms with van der Waals surface area (Å²) in [7, 11) is 0. The molecule has 0 bridgehead atoms. The van der Waals surface area contributed by atoms with E-state index in [2.05, 4.69) is 0 Å². The van der Waals surface area contributed by atoms with Gasteiger partial charge < -0.3 is 4.42 Å². The van der Waals surface area contributed by atoms with Crippen LogP contribution in [-0.2, 0) is 0 Å². The molecule has 0 fully saturated rings. The number of benzene rings is 3. The standard InChI is InChI=1S/C21H13ClO2/c22-16-12-7-13-17-19(16)20(23)18(14-8-3-1-4-9-14)21(24-17)15-10-5-2-6-11-15/h1-13H. The van der Waals surface area contributed by atoms with Gasteiger partial charge in [0.25, 0.3) is 0 Å². The molecule has 0 aliphatic carbocycles. The van der Waals surface area contributed by atoms with E-state index in [1.807, 2.05) is 60.7 Å². The van der Waals surface area contributed by atoms with Crippen molar-refractivity contribution in [3.63, 3.8) is 0 Å². The summed E-state index contributed by atoms with van der Waals surface area (Å²) in [6, 6.07) is 24.4. The van der Waals surface area contributed by atoms with Crippen LogP contribution in [0.25, 0.3) is 33.4 Å². The molecule has 1 aromatic heterocycles. The maximum atomic E-state index is 13.2. The normalized spacial score (nSPS) is 10.9. The van der Waals surface area contributed by atoms with E-state index in [0.717, 1.165) is 11.1 Å². The fourth-order valence-electron chi connectivity index (χ4n) is 2.86. The lowest BCUT2D eigenvalue weighted by Crippen LogP contribution is -2.08. The second-order valence-electron chi connectivity index (χ2n) is 5.48. The highest BCUT2D eigenvalue weighted by atomic mass is 35.5. The van der Waals surface area contributed by atoms with E-state index in [1.54, 1.807) is 18.2 Å². The predicted octanol–water partition coefficient (Wildman–Crippen LogP) is 5.78. The van der Waals surface area contributed by atoms with E-state index in [0.29, 0.717) is 27.3 Å². The molecule has 4 aromatic rings. The van der Waals surface area contributed by atoms with E-state index in [4.69, 9.17) is 16.0 Å². The minimum Gasteiger partial charge on any atom is -0.455 e. The fraction of sp³-hybridized carbons (Fsp3) is 0. The van der Waals surface area contributed by atoms with Crippen LogP contribution in [0.1, 0.15) is 0 Å². The Morgan fingerprint density at radius 2 is 1.33 bits per heavy atom. The molecule has 3 heteroatoms. The smallest absolute Gasteiger partial charge is 0.202 e. The Kier molecular flexibility index (Phi) is 3.68. The van der Waals surface area contributed by atoms with Crippen molar-refractivity contribution in [3.8, 4) is 22.5 Å². The van der Waals surface area contributed by atoms with E-state index >= 15 is 0 Å². The van der Waals surface area contributed by atoms with Gasteiger partial charge >= 0.3 is 0 Å². The fourth-order valence-corrected chi connectivity index (χ4v) is 3.11. The molecule has 0 radical (unpaired) electrons. The van der Waals surface area contributed by atoms with Crippen LogP contribution in [0.3, 0.4) is 0 Å². The van der Waals surface area contributed by atoms with Crippen molar-refractivity contribution < 1.29 is 4.42 Å². The molecule has 116 valence electrons. The highest BCUT2D eigenvalue weighted by molar-refractivity contribution is 6.35. The van der Waals surface area contributed by atoms with Crippen LogP contribution in [0.4, 0.5) is 0 Å². The number of rotatable bonds is 2. The van der Waals surface area contributed by atoms with Gasteiger partial charge in [-0.05, 0) is 17.7 Å². The van der Waals surface area contributed by atoms with Gasteiger partial charge in [0.2, 0.25) is 5.43 Å². The molecule has 0 N–H and O–H groups in total. The third kappa shape index (κ3) is 2.41. The van der Waals surface area contributed by atoms with E-state index in [1.165, 1.54) is 0 Å². The first-order valence-electron chi connectivity index (χ1n) is 7.62. The van der Waals surface area contributed by atoms with E-state index in [-0.39, 0.29) is 5.43 Å². The Morgan fingerprint density at radius 3 is 2.00 bits per heavy atom. The van der Waals surface area contributed by atoms with Gasteiger partial charge in [-0.15, -0.1) is 0 Å². The highest BCUT2D eigenvalue weighted by Gasteiger charge is 2.18. The molecule has 0 unspecified atom stereocenters. The molecule has 24 heavy (non-hydrogen) atoms. The minimum atomic E-state index is -0.119. The summed E-state index contributed by atoms with van der Waals surface area (Å²) in [5.41, 5.74) is 2.57. The zero-order valence-corrected chi connectivity index (χ0v) is 13.5. The first kappa shape index (κ1) is 14.7. The molecular formula is C21H13ClO2. The molecule has 0 aliphatic heterocycles. The lowest BCUT2D eigenvalue weighted by atomic mass is 9.98. The summed E-state index contributed by atoms with van der Waals surface area (Å²) >= 11 is 6.26. The van der Waals surface area contributed by atoms with Gasteiger partial charge in [-0.1, -0.05) is 78.3 Å². The summed E-state index contributed by atoms with van der Waals surface area (Å²) in [6.07, 6.45) is 0. The summed E-state index contributed by atoms with van der Waals surface area (Å²) in [4.78, 5) is 13.2. The Labute approximate surface area is 143 Å². The molecule has 2 nitrogen and oxygen atoms in total. The molecule has 0 amide bonds. The van der Waals surface area contributed by atoms with Crippen molar-refractivity contribution in [2.75, 3.05) is 0 Å². The van der Waals surface area contributed by atoms with Gasteiger partial charge in [-0.25, -0.2) is 0 Å². The van der Waals surface area contributed by atoms with Crippen LogP contribution < -0.4 is 5.43 Å². The van der Waals surface area contributed by atoms with Crippen molar-refractivity contribution in [1.29, 1.82) is 0 Å². The van der Waals surface area contributed by atoms with Crippen LogP contribution in [0.5, 0.6) is 0 Å².